The topological polar surface area (TPSA) is 58.3 Å². The lowest BCUT2D eigenvalue weighted by molar-refractivity contribution is 0.453. The van der Waals surface area contributed by atoms with Gasteiger partial charge in [-0.3, -0.25) is 4.57 Å². The molecule has 4 rings (SSSR count). The lowest BCUT2D eigenvalue weighted by Crippen LogP contribution is -1.97. The van der Waals surface area contributed by atoms with Gasteiger partial charge in [-0.2, -0.15) is 0 Å². The summed E-state index contributed by atoms with van der Waals surface area (Å²) < 4.78 is 1.93. The fraction of sp³-hybridized carbons (Fsp3) is 0. The van der Waals surface area contributed by atoms with E-state index in [1.807, 2.05) is 59.2 Å². The largest absolute Gasteiger partial charge is 0.507 e. The molecule has 0 bridgehead atoms. The minimum atomic E-state index is -0.00233. The predicted molar refractivity (Wildman–Crippen MR) is 89.8 cm³/mol. The van der Waals surface area contributed by atoms with Gasteiger partial charge in [0.05, 0.1) is 11.0 Å². The van der Waals surface area contributed by atoms with Gasteiger partial charge in [0.25, 0.3) is 0 Å². The van der Waals surface area contributed by atoms with Gasteiger partial charge >= 0.3 is 0 Å². The summed E-state index contributed by atoms with van der Waals surface area (Å²) >= 11 is 0. The van der Waals surface area contributed by atoms with Crippen molar-refractivity contribution in [2.75, 3.05) is 0 Å². The quantitative estimate of drug-likeness (QED) is 0.586. The van der Waals surface area contributed by atoms with Crippen LogP contribution in [0, 0.1) is 0 Å². The molecule has 0 fully saturated rings. The van der Waals surface area contributed by atoms with Crippen molar-refractivity contribution in [1.82, 2.24) is 9.55 Å². The molecule has 0 aliphatic heterocycles. The van der Waals surface area contributed by atoms with Gasteiger partial charge < -0.3 is 10.2 Å². The number of imidazole rings is 1. The predicted octanol–water partition coefficient (Wildman–Crippen LogP) is 4.10. The van der Waals surface area contributed by atoms with Crippen molar-refractivity contribution in [3.05, 3.63) is 72.8 Å². The second-order valence-corrected chi connectivity index (χ2v) is 5.27. The van der Waals surface area contributed by atoms with Gasteiger partial charge in [-0.1, -0.05) is 36.4 Å². The van der Waals surface area contributed by atoms with Crippen molar-refractivity contribution in [2.24, 2.45) is 0 Å². The summed E-state index contributed by atoms with van der Waals surface area (Å²) in [5.41, 5.74) is 2.96. The molecule has 0 aliphatic rings. The van der Waals surface area contributed by atoms with Gasteiger partial charge in [0.1, 0.15) is 17.1 Å². The van der Waals surface area contributed by atoms with Crippen molar-refractivity contribution >= 4 is 11.0 Å². The fourth-order valence-electron chi connectivity index (χ4n) is 2.79. The highest BCUT2D eigenvalue weighted by Crippen LogP contribution is 2.39. The maximum Gasteiger partial charge on any atom is 0.153 e. The first-order valence-corrected chi connectivity index (χ1v) is 7.30. The number of phenolic OH excluding ortho intramolecular Hbond substituents is 2. The van der Waals surface area contributed by atoms with Crippen molar-refractivity contribution in [1.29, 1.82) is 0 Å². The van der Waals surface area contributed by atoms with Crippen LogP contribution in [0.4, 0.5) is 0 Å². The molecule has 1 heterocycles. The molecular formula is C19H14N2O2. The number of fused-ring (bicyclic) bond motifs is 1. The zero-order chi connectivity index (χ0) is 15.8. The van der Waals surface area contributed by atoms with Gasteiger partial charge in [0.15, 0.2) is 5.82 Å². The molecule has 4 nitrogen and oxygen atoms in total. The molecule has 4 aromatic rings. The maximum atomic E-state index is 10.2. The second-order valence-electron chi connectivity index (χ2n) is 5.27. The molecule has 0 amide bonds. The Morgan fingerprint density at radius 3 is 2.09 bits per heavy atom. The Balaban J connectivity index is 2.12. The summed E-state index contributed by atoms with van der Waals surface area (Å²) in [6.07, 6.45) is 0. The first kappa shape index (κ1) is 13.4. The minimum absolute atomic E-state index is 0.00233. The number of aromatic hydroxyl groups is 2. The molecule has 0 spiro atoms. The van der Waals surface area contributed by atoms with Gasteiger partial charge in [-0.05, 0) is 36.4 Å². The first-order valence-electron chi connectivity index (χ1n) is 7.30. The summed E-state index contributed by atoms with van der Waals surface area (Å²) in [4.78, 5) is 4.62. The van der Waals surface area contributed by atoms with Crippen LogP contribution in [-0.4, -0.2) is 19.8 Å². The Kier molecular flexibility index (Phi) is 3.01. The first-order chi connectivity index (χ1) is 11.3. The Morgan fingerprint density at radius 1 is 0.696 bits per heavy atom. The molecule has 4 heteroatoms. The molecule has 0 radical (unpaired) electrons. The molecular weight excluding hydrogens is 288 g/mol. The van der Waals surface area contributed by atoms with Crippen LogP contribution >= 0.6 is 0 Å². The number of phenols is 2. The van der Waals surface area contributed by atoms with E-state index in [-0.39, 0.29) is 11.5 Å². The third-order valence-electron chi connectivity index (χ3n) is 3.82. The molecule has 0 atom stereocenters. The molecule has 0 unspecified atom stereocenters. The van der Waals surface area contributed by atoms with Crippen LogP contribution in [0.25, 0.3) is 28.1 Å². The lowest BCUT2D eigenvalue weighted by Gasteiger charge is -2.11. The second kappa shape index (κ2) is 5.18. The molecule has 0 saturated heterocycles. The standard InChI is InChI=1S/C19H14N2O2/c22-16-11-6-12-17(23)18(16)19-20-14-9-4-5-10-15(14)21(19)13-7-2-1-3-8-13/h1-12,22-23H. The van der Waals surface area contributed by atoms with Crippen LogP contribution in [0.5, 0.6) is 11.5 Å². The number of rotatable bonds is 2. The summed E-state index contributed by atoms with van der Waals surface area (Å²) in [5.74, 6) is 0.503. The molecule has 23 heavy (non-hydrogen) atoms. The Labute approximate surface area is 132 Å². The van der Waals surface area contributed by atoms with E-state index in [9.17, 15) is 10.2 Å². The SMILES string of the molecule is Oc1cccc(O)c1-c1nc2ccccc2n1-c1ccccc1. The van der Waals surface area contributed by atoms with Crippen molar-refractivity contribution < 1.29 is 10.2 Å². The third-order valence-corrected chi connectivity index (χ3v) is 3.82. The highest BCUT2D eigenvalue weighted by molar-refractivity contribution is 5.85. The summed E-state index contributed by atoms with van der Waals surface area (Å²) in [6, 6.07) is 22.2. The van der Waals surface area contributed by atoms with E-state index in [0.717, 1.165) is 16.7 Å². The lowest BCUT2D eigenvalue weighted by atomic mass is 10.1. The molecule has 3 aromatic carbocycles. The maximum absolute atomic E-state index is 10.2. The van der Waals surface area contributed by atoms with Gasteiger partial charge in [-0.25, -0.2) is 4.98 Å². The zero-order valence-electron chi connectivity index (χ0n) is 12.2. The molecule has 0 aliphatic carbocycles. The number of hydrogen-bond donors (Lipinski definition) is 2. The molecule has 0 saturated carbocycles. The van der Waals surface area contributed by atoms with Crippen LogP contribution < -0.4 is 0 Å². The highest BCUT2D eigenvalue weighted by atomic mass is 16.3. The van der Waals surface area contributed by atoms with Gasteiger partial charge in [-0.15, -0.1) is 0 Å². The monoisotopic (exact) mass is 302 g/mol. The Hall–Kier alpha value is -3.27. The van der Waals surface area contributed by atoms with Gasteiger partial charge in [0.2, 0.25) is 0 Å². The van der Waals surface area contributed by atoms with E-state index >= 15 is 0 Å². The fourth-order valence-corrected chi connectivity index (χ4v) is 2.79. The summed E-state index contributed by atoms with van der Waals surface area (Å²) in [7, 11) is 0. The van der Waals surface area contributed by atoms with Crippen molar-refractivity contribution in [2.45, 2.75) is 0 Å². The minimum Gasteiger partial charge on any atom is -0.507 e. The number of aromatic nitrogens is 2. The number of nitrogens with zero attached hydrogens (tertiary/aromatic N) is 2. The summed E-state index contributed by atoms with van der Waals surface area (Å²) in [6.45, 7) is 0. The van der Waals surface area contributed by atoms with Crippen LogP contribution in [0.2, 0.25) is 0 Å². The molecule has 112 valence electrons. The Bertz CT molecular complexity index is 971. The van der Waals surface area contributed by atoms with E-state index < -0.39 is 0 Å². The van der Waals surface area contributed by atoms with Crippen molar-refractivity contribution in [3.8, 4) is 28.6 Å². The Morgan fingerprint density at radius 2 is 1.35 bits per heavy atom. The highest BCUT2D eigenvalue weighted by Gasteiger charge is 2.19. The number of hydrogen-bond acceptors (Lipinski definition) is 3. The zero-order valence-corrected chi connectivity index (χ0v) is 12.2. The number of benzene rings is 3. The van der Waals surface area contributed by atoms with E-state index in [1.54, 1.807) is 18.2 Å². The van der Waals surface area contributed by atoms with E-state index in [4.69, 9.17) is 0 Å². The van der Waals surface area contributed by atoms with Crippen LogP contribution in [0.15, 0.2) is 72.8 Å². The van der Waals surface area contributed by atoms with Crippen molar-refractivity contribution in [3.63, 3.8) is 0 Å². The van der Waals surface area contributed by atoms with Gasteiger partial charge in [0, 0.05) is 5.69 Å². The average molecular weight is 302 g/mol. The molecule has 1 aromatic heterocycles. The van der Waals surface area contributed by atoms with Crippen LogP contribution in [0.3, 0.4) is 0 Å². The third kappa shape index (κ3) is 2.12. The van der Waals surface area contributed by atoms with E-state index in [0.29, 0.717) is 11.4 Å². The van der Waals surface area contributed by atoms with E-state index in [2.05, 4.69) is 4.98 Å². The van der Waals surface area contributed by atoms with E-state index in [1.165, 1.54) is 0 Å². The smallest absolute Gasteiger partial charge is 0.153 e. The number of para-hydroxylation sites is 3. The summed E-state index contributed by atoms with van der Waals surface area (Å²) in [5, 5.41) is 20.5. The molecule has 2 N–H and O–H groups in total. The normalized spacial score (nSPS) is 11.0. The van der Waals surface area contributed by atoms with Crippen LogP contribution in [-0.2, 0) is 0 Å². The van der Waals surface area contributed by atoms with Crippen LogP contribution in [0.1, 0.15) is 0 Å². The average Bonchev–Trinajstić information content (AvgIpc) is 2.94.